The standard InChI is InChI=1S/C12H14ClN3/c1-3-9-10(4-2)14-12(13)15-11(9)16-7-5-6-8-16/h3-4H,1-2,5-8H2. The van der Waals surface area contributed by atoms with Crippen LogP contribution >= 0.6 is 11.6 Å². The van der Waals surface area contributed by atoms with E-state index < -0.39 is 0 Å². The zero-order valence-electron chi connectivity index (χ0n) is 9.12. The van der Waals surface area contributed by atoms with E-state index in [1.807, 2.05) is 0 Å². The van der Waals surface area contributed by atoms with Crippen molar-refractivity contribution in [3.05, 3.63) is 29.7 Å². The molecule has 0 spiro atoms. The van der Waals surface area contributed by atoms with Gasteiger partial charge in [0.05, 0.1) is 5.69 Å². The van der Waals surface area contributed by atoms with Gasteiger partial charge in [-0.2, -0.15) is 4.98 Å². The van der Waals surface area contributed by atoms with Gasteiger partial charge in [-0.15, -0.1) is 0 Å². The van der Waals surface area contributed by atoms with Gasteiger partial charge in [-0.1, -0.05) is 19.2 Å². The van der Waals surface area contributed by atoms with Gasteiger partial charge >= 0.3 is 0 Å². The molecule has 1 saturated heterocycles. The van der Waals surface area contributed by atoms with Crippen molar-refractivity contribution in [2.24, 2.45) is 0 Å². The molecule has 84 valence electrons. The number of hydrogen-bond acceptors (Lipinski definition) is 3. The van der Waals surface area contributed by atoms with E-state index >= 15 is 0 Å². The number of nitrogens with zero attached hydrogens (tertiary/aromatic N) is 3. The average Bonchev–Trinajstić information content (AvgIpc) is 2.81. The Morgan fingerprint density at radius 3 is 2.38 bits per heavy atom. The lowest BCUT2D eigenvalue weighted by molar-refractivity contribution is 0.923. The van der Waals surface area contributed by atoms with Gasteiger partial charge in [-0.05, 0) is 30.5 Å². The summed E-state index contributed by atoms with van der Waals surface area (Å²) in [6.07, 6.45) is 5.84. The van der Waals surface area contributed by atoms with E-state index in [0.29, 0.717) is 0 Å². The van der Waals surface area contributed by atoms with Crippen LogP contribution in [0.2, 0.25) is 5.28 Å². The molecule has 1 aromatic heterocycles. The summed E-state index contributed by atoms with van der Waals surface area (Å²) in [6, 6.07) is 0. The van der Waals surface area contributed by atoms with Crippen LogP contribution in [0.3, 0.4) is 0 Å². The molecule has 2 heterocycles. The molecule has 0 bridgehead atoms. The number of anilines is 1. The minimum absolute atomic E-state index is 0.266. The van der Waals surface area contributed by atoms with Gasteiger partial charge in [-0.3, -0.25) is 0 Å². The summed E-state index contributed by atoms with van der Waals surface area (Å²) in [6.45, 7) is 9.57. The molecule has 1 aliphatic rings. The van der Waals surface area contributed by atoms with Crippen molar-refractivity contribution in [3.8, 4) is 0 Å². The first kappa shape index (κ1) is 11.1. The summed E-state index contributed by atoms with van der Waals surface area (Å²) in [5.41, 5.74) is 1.67. The second kappa shape index (κ2) is 4.66. The molecule has 4 heteroatoms. The first-order chi connectivity index (χ1) is 7.76. The summed E-state index contributed by atoms with van der Waals surface area (Å²) in [4.78, 5) is 10.6. The Balaban J connectivity index is 2.52. The van der Waals surface area contributed by atoms with Crippen molar-refractivity contribution in [1.82, 2.24) is 9.97 Å². The Morgan fingerprint density at radius 2 is 1.81 bits per heavy atom. The Bertz CT molecular complexity index is 423. The second-order valence-electron chi connectivity index (χ2n) is 3.72. The van der Waals surface area contributed by atoms with Crippen LogP contribution in [0.25, 0.3) is 12.2 Å². The highest BCUT2D eigenvalue weighted by atomic mass is 35.5. The van der Waals surface area contributed by atoms with Gasteiger partial charge in [-0.25, -0.2) is 4.98 Å². The minimum Gasteiger partial charge on any atom is -0.356 e. The van der Waals surface area contributed by atoms with E-state index in [9.17, 15) is 0 Å². The Morgan fingerprint density at radius 1 is 1.12 bits per heavy atom. The zero-order chi connectivity index (χ0) is 11.5. The minimum atomic E-state index is 0.266. The molecule has 0 aliphatic carbocycles. The van der Waals surface area contributed by atoms with Crippen molar-refractivity contribution < 1.29 is 0 Å². The first-order valence-corrected chi connectivity index (χ1v) is 5.71. The molecule has 1 fully saturated rings. The van der Waals surface area contributed by atoms with Crippen LogP contribution in [0.4, 0.5) is 5.82 Å². The maximum atomic E-state index is 5.91. The fourth-order valence-electron chi connectivity index (χ4n) is 1.97. The predicted molar refractivity (Wildman–Crippen MR) is 68.7 cm³/mol. The van der Waals surface area contributed by atoms with Gasteiger partial charge in [0.2, 0.25) is 5.28 Å². The molecule has 0 unspecified atom stereocenters. The van der Waals surface area contributed by atoms with E-state index in [2.05, 4.69) is 28.0 Å². The van der Waals surface area contributed by atoms with Crippen LogP contribution in [0, 0.1) is 0 Å². The highest BCUT2D eigenvalue weighted by Crippen LogP contribution is 2.27. The maximum absolute atomic E-state index is 5.91. The normalized spacial score (nSPS) is 15.2. The summed E-state index contributed by atoms with van der Waals surface area (Å²) >= 11 is 5.91. The third-order valence-corrected chi connectivity index (χ3v) is 2.90. The molecule has 2 rings (SSSR count). The monoisotopic (exact) mass is 235 g/mol. The summed E-state index contributed by atoms with van der Waals surface area (Å²) < 4.78 is 0. The number of halogens is 1. The Hall–Kier alpha value is -1.35. The van der Waals surface area contributed by atoms with E-state index in [1.165, 1.54) is 12.8 Å². The molecule has 3 nitrogen and oxygen atoms in total. The molecular formula is C12H14ClN3. The van der Waals surface area contributed by atoms with Crippen molar-refractivity contribution in [1.29, 1.82) is 0 Å². The quantitative estimate of drug-likeness (QED) is 0.755. The average molecular weight is 236 g/mol. The lowest BCUT2D eigenvalue weighted by atomic mass is 10.2. The summed E-state index contributed by atoms with van der Waals surface area (Å²) in [5.74, 6) is 0.877. The molecule has 0 saturated carbocycles. The second-order valence-corrected chi connectivity index (χ2v) is 4.06. The van der Waals surface area contributed by atoms with Gasteiger partial charge < -0.3 is 4.90 Å². The first-order valence-electron chi connectivity index (χ1n) is 5.33. The predicted octanol–water partition coefficient (Wildman–Crippen LogP) is 3.02. The number of hydrogen-bond donors (Lipinski definition) is 0. The SMILES string of the molecule is C=Cc1nc(Cl)nc(N2CCCC2)c1C=C. The van der Waals surface area contributed by atoms with E-state index in [4.69, 9.17) is 11.6 Å². The van der Waals surface area contributed by atoms with Gasteiger partial charge in [0.1, 0.15) is 5.82 Å². The molecule has 16 heavy (non-hydrogen) atoms. The highest BCUT2D eigenvalue weighted by molar-refractivity contribution is 6.28. The van der Waals surface area contributed by atoms with Crippen molar-refractivity contribution in [2.75, 3.05) is 18.0 Å². The number of aromatic nitrogens is 2. The highest BCUT2D eigenvalue weighted by Gasteiger charge is 2.19. The Kier molecular flexibility index (Phi) is 3.25. The topological polar surface area (TPSA) is 29.0 Å². The fourth-order valence-corrected chi connectivity index (χ4v) is 2.14. The van der Waals surface area contributed by atoms with Crippen LogP contribution in [-0.2, 0) is 0 Å². The van der Waals surface area contributed by atoms with Crippen molar-refractivity contribution in [3.63, 3.8) is 0 Å². The molecule has 0 radical (unpaired) electrons. The molecule has 1 aliphatic heterocycles. The van der Waals surface area contributed by atoms with Gasteiger partial charge in [0.25, 0.3) is 0 Å². The van der Waals surface area contributed by atoms with Gasteiger partial charge in [0.15, 0.2) is 0 Å². The fraction of sp³-hybridized carbons (Fsp3) is 0.333. The lowest BCUT2D eigenvalue weighted by Crippen LogP contribution is -2.21. The molecule has 0 aromatic carbocycles. The molecule has 0 amide bonds. The largest absolute Gasteiger partial charge is 0.356 e. The van der Waals surface area contributed by atoms with E-state index in [-0.39, 0.29) is 5.28 Å². The van der Waals surface area contributed by atoms with E-state index in [0.717, 1.165) is 30.2 Å². The maximum Gasteiger partial charge on any atom is 0.224 e. The molecule has 0 atom stereocenters. The third kappa shape index (κ3) is 1.95. The lowest BCUT2D eigenvalue weighted by Gasteiger charge is -2.19. The Labute approximate surface area is 100 Å². The van der Waals surface area contributed by atoms with Crippen molar-refractivity contribution >= 4 is 29.6 Å². The van der Waals surface area contributed by atoms with Crippen LogP contribution in [0.5, 0.6) is 0 Å². The molecule has 0 N–H and O–H groups in total. The third-order valence-electron chi connectivity index (χ3n) is 2.73. The molecular weight excluding hydrogens is 222 g/mol. The van der Waals surface area contributed by atoms with Crippen LogP contribution in [0.1, 0.15) is 24.1 Å². The van der Waals surface area contributed by atoms with Crippen molar-refractivity contribution in [2.45, 2.75) is 12.8 Å². The summed E-state index contributed by atoms with van der Waals surface area (Å²) in [7, 11) is 0. The van der Waals surface area contributed by atoms with E-state index in [1.54, 1.807) is 12.2 Å². The zero-order valence-corrected chi connectivity index (χ0v) is 9.87. The molecule has 1 aromatic rings. The summed E-state index contributed by atoms with van der Waals surface area (Å²) in [5, 5.41) is 0.266. The van der Waals surface area contributed by atoms with Crippen LogP contribution < -0.4 is 4.90 Å². The van der Waals surface area contributed by atoms with Gasteiger partial charge in [0, 0.05) is 18.7 Å². The smallest absolute Gasteiger partial charge is 0.224 e. The van der Waals surface area contributed by atoms with Crippen LogP contribution in [-0.4, -0.2) is 23.1 Å². The van der Waals surface area contributed by atoms with Crippen LogP contribution in [0.15, 0.2) is 13.2 Å². The number of rotatable bonds is 3.